The second-order valence-electron chi connectivity index (χ2n) is 4.46. The van der Waals surface area contributed by atoms with E-state index in [1.54, 1.807) is 17.1 Å². The molecule has 0 aliphatic rings. The van der Waals surface area contributed by atoms with E-state index in [1.165, 1.54) is 0 Å². The quantitative estimate of drug-likeness (QED) is 0.577. The van der Waals surface area contributed by atoms with Crippen LogP contribution in [0.3, 0.4) is 0 Å². The predicted molar refractivity (Wildman–Crippen MR) is 65.6 cm³/mol. The molecule has 0 radical (unpaired) electrons. The van der Waals surface area contributed by atoms with Crippen molar-refractivity contribution < 1.29 is 9.53 Å². The second-order valence-corrected chi connectivity index (χ2v) is 4.46. The van der Waals surface area contributed by atoms with Crippen molar-refractivity contribution in [2.45, 2.75) is 33.2 Å². The number of aromatic nitrogens is 2. The Kier molecular flexibility index (Phi) is 5.69. The maximum Gasteiger partial charge on any atom is 0.358 e. The summed E-state index contributed by atoms with van der Waals surface area (Å²) in [4.78, 5) is 15.6. The maximum absolute atomic E-state index is 11.6. The average molecular weight is 239 g/mol. The number of nitrogens with two attached hydrogens (primary N) is 1. The van der Waals surface area contributed by atoms with Crippen LogP contribution < -0.4 is 5.73 Å². The number of ether oxygens (including phenoxy) is 1. The Morgan fingerprint density at radius 1 is 1.59 bits per heavy atom. The van der Waals surface area contributed by atoms with Gasteiger partial charge in [0.15, 0.2) is 5.69 Å². The second kappa shape index (κ2) is 7.06. The Hall–Kier alpha value is -1.36. The van der Waals surface area contributed by atoms with E-state index in [1.807, 2.05) is 0 Å². The van der Waals surface area contributed by atoms with Crippen molar-refractivity contribution in [3.8, 4) is 0 Å². The van der Waals surface area contributed by atoms with Gasteiger partial charge in [0.25, 0.3) is 0 Å². The standard InChI is InChI=1S/C12H21N3O2/c1-10(2)4-3-7-17-12(16)11-8-15(6-5-13)9-14-11/h8-10H,3-7,13H2,1-2H3. The summed E-state index contributed by atoms with van der Waals surface area (Å²) >= 11 is 0. The zero-order chi connectivity index (χ0) is 12.7. The lowest BCUT2D eigenvalue weighted by molar-refractivity contribution is 0.0488. The Bertz CT molecular complexity index is 347. The van der Waals surface area contributed by atoms with Gasteiger partial charge in [0.2, 0.25) is 0 Å². The van der Waals surface area contributed by atoms with Crippen molar-refractivity contribution in [3.63, 3.8) is 0 Å². The fourth-order valence-corrected chi connectivity index (χ4v) is 1.47. The van der Waals surface area contributed by atoms with Gasteiger partial charge in [-0.2, -0.15) is 0 Å². The van der Waals surface area contributed by atoms with Crippen LogP contribution in [0.5, 0.6) is 0 Å². The lowest BCUT2D eigenvalue weighted by Crippen LogP contribution is -2.09. The third kappa shape index (κ3) is 4.99. The molecule has 0 amide bonds. The van der Waals surface area contributed by atoms with Gasteiger partial charge in [-0.15, -0.1) is 0 Å². The monoisotopic (exact) mass is 239 g/mol. The van der Waals surface area contributed by atoms with Crippen molar-refractivity contribution in [1.29, 1.82) is 0 Å². The summed E-state index contributed by atoms with van der Waals surface area (Å²) < 4.78 is 6.91. The summed E-state index contributed by atoms with van der Waals surface area (Å²) in [5.41, 5.74) is 5.76. The van der Waals surface area contributed by atoms with E-state index in [9.17, 15) is 4.79 Å². The van der Waals surface area contributed by atoms with E-state index in [-0.39, 0.29) is 5.97 Å². The van der Waals surface area contributed by atoms with Gasteiger partial charge in [0, 0.05) is 19.3 Å². The van der Waals surface area contributed by atoms with Gasteiger partial charge in [-0.25, -0.2) is 9.78 Å². The average Bonchev–Trinajstić information content (AvgIpc) is 2.73. The number of rotatable bonds is 7. The topological polar surface area (TPSA) is 70.1 Å². The minimum atomic E-state index is -0.357. The molecule has 0 spiro atoms. The largest absolute Gasteiger partial charge is 0.461 e. The van der Waals surface area contributed by atoms with E-state index >= 15 is 0 Å². The number of esters is 1. The SMILES string of the molecule is CC(C)CCCOC(=O)c1cn(CCN)cn1. The van der Waals surface area contributed by atoms with Gasteiger partial charge < -0.3 is 15.0 Å². The summed E-state index contributed by atoms with van der Waals surface area (Å²) in [5, 5.41) is 0. The van der Waals surface area contributed by atoms with Crippen molar-refractivity contribution in [3.05, 3.63) is 18.2 Å². The number of carbonyl (C=O) groups is 1. The number of carbonyl (C=O) groups excluding carboxylic acids is 1. The van der Waals surface area contributed by atoms with Crippen LogP contribution in [0.1, 0.15) is 37.2 Å². The first-order valence-electron chi connectivity index (χ1n) is 6.02. The smallest absolute Gasteiger partial charge is 0.358 e. The molecule has 0 bridgehead atoms. The van der Waals surface area contributed by atoms with Gasteiger partial charge in [-0.3, -0.25) is 0 Å². The molecule has 0 aromatic carbocycles. The predicted octanol–water partition coefficient (Wildman–Crippen LogP) is 1.43. The molecule has 1 heterocycles. The van der Waals surface area contributed by atoms with Crippen LogP contribution in [0.4, 0.5) is 0 Å². The fraction of sp³-hybridized carbons (Fsp3) is 0.667. The first-order chi connectivity index (χ1) is 8.13. The molecule has 1 aromatic rings. The molecule has 1 rings (SSSR count). The molecule has 5 nitrogen and oxygen atoms in total. The van der Waals surface area contributed by atoms with E-state index in [0.29, 0.717) is 31.3 Å². The molecule has 0 aliphatic heterocycles. The fourth-order valence-electron chi connectivity index (χ4n) is 1.47. The summed E-state index contributed by atoms with van der Waals surface area (Å²) in [6.07, 6.45) is 5.22. The summed E-state index contributed by atoms with van der Waals surface area (Å²) in [7, 11) is 0. The van der Waals surface area contributed by atoms with E-state index in [2.05, 4.69) is 18.8 Å². The molecule has 0 unspecified atom stereocenters. The molecule has 0 saturated heterocycles. The van der Waals surface area contributed by atoms with Crippen molar-refractivity contribution in [1.82, 2.24) is 9.55 Å². The van der Waals surface area contributed by atoms with Gasteiger partial charge in [0.1, 0.15) is 0 Å². The highest BCUT2D eigenvalue weighted by Gasteiger charge is 2.10. The summed E-state index contributed by atoms with van der Waals surface area (Å²) in [6, 6.07) is 0. The molecular formula is C12H21N3O2. The number of imidazole rings is 1. The third-order valence-electron chi connectivity index (χ3n) is 2.39. The van der Waals surface area contributed by atoms with Gasteiger partial charge >= 0.3 is 5.97 Å². The van der Waals surface area contributed by atoms with Crippen LogP contribution in [-0.4, -0.2) is 28.7 Å². The zero-order valence-corrected chi connectivity index (χ0v) is 10.6. The highest BCUT2D eigenvalue weighted by molar-refractivity contribution is 5.86. The molecule has 0 atom stereocenters. The Labute approximate surface area is 102 Å². The summed E-state index contributed by atoms with van der Waals surface area (Å²) in [6.45, 7) is 5.94. The van der Waals surface area contributed by atoms with E-state index < -0.39 is 0 Å². The normalized spacial score (nSPS) is 10.8. The number of hydrogen-bond acceptors (Lipinski definition) is 4. The third-order valence-corrected chi connectivity index (χ3v) is 2.39. The van der Waals surface area contributed by atoms with Crippen LogP contribution in [0.2, 0.25) is 0 Å². The van der Waals surface area contributed by atoms with Gasteiger partial charge in [0.05, 0.1) is 12.9 Å². The lowest BCUT2D eigenvalue weighted by Gasteiger charge is -2.04. The molecular weight excluding hydrogens is 218 g/mol. The van der Waals surface area contributed by atoms with Crippen molar-refractivity contribution >= 4 is 5.97 Å². The molecule has 5 heteroatoms. The van der Waals surface area contributed by atoms with Gasteiger partial charge in [-0.05, 0) is 18.8 Å². The molecule has 2 N–H and O–H groups in total. The molecule has 1 aromatic heterocycles. The van der Waals surface area contributed by atoms with Crippen LogP contribution in [0.15, 0.2) is 12.5 Å². The van der Waals surface area contributed by atoms with Crippen molar-refractivity contribution in [2.24, 2.45) is 11.7 Å². The highest BCUT2D eigenvalue weighted by atomic mass is 16.5. The zero-order valence-electron chi connectivity index (χ0n) is 10.6. The molecule has 17 heavy (non-hydrogen) atoms. The maximum atomic E-state index is 11.6. The molecule has 0 saturated carbocycles. The van der Waals surface area contributed by atoms with Crippen LogP contribution >= 0.6 is 0 Å². The highest BCUT2D eigenvalue weighted by Crippen LogP contribution is 2.05. The Morgan fingerprint density at radius 2 is 2.35 bits per heavy atom. The Balaban J connectivity index is 2.31. The summed E-state index contributed by atoms with van der Waals surface area (Å²) in [5.74, 6) is 0.280. The first kappa shape index (κ1) is 13.7. The van der Waals surface area contributed by atoms with Crippen LogP contribution in [0, 0.1) is 5.92 Å². The minimum absolute atomic E-state index is 0.350. The molecule has 96 valence electrons. The van der Waals surface area contributed by atoms with E-state index in [0.717, 1.165) is 12.8 Å². The molecule has 0 fully saturated rings. The van der Waals surface area contributed by atoms with Crippen molar-refractivity contribution in [2.75, 3.05) is 13.2 Å². The Morgan fingerprint density at radius 3 is 3.00 bits per heavy atom. The van der Waals surface area contributed by atoms with Crippen LogP contribution in [0.25, 0.3) is 0 Å². The van der Waals surface area contributed by atoms with E-state index in [4.69, 9.17) is 10.5 Å². The number of hydrogen-bond donors (Lipinski definition) is 1. The molecule has 0 aliphatic carbocycles. The first-order valence-corrected chi connectivity index (χ1v) is 6.02. The lowest BCUT2D eigenvalue weighted by atomic mass is 10.1. The minimum Gasteiger partial charge on any atom is -0.461 e. The van der Waals surface area contributed by atoms with Gasteiger partial charge in [-0.1, -0.05) is 13.8 Å². The van der Waals surface area contributed by atoms with Crippen LogP contribution in [-0.2, 0) is 11.3 Å². The number of nitrogens with zero attached hydrogens (tertiary/aromatic N) is 2.